The predicted molar refractivity (Wildman–Crippen MR) is 76.9 cm³/mol. The van der Waals surface area contributed by atoms with Crippen LogP contribution < -0.4 is 0 Å². The molecule has 3 heteroatoms. The first kappa shape index (κ1) is 15.6. The summed E-state index contributed by atoms with van der Waals surface area (Å²) < 4.78 is 0. The number of unbranched alkanes of at least 4 members (excludes halogenated alkanes) is 3. The third kappa shape index (κ3) is 6.50. The molecule has 1 aliphatic rings. The van der Waals surface area contributed by atoms with Crippen LogP contribution in [0.1, 0.15) is 46.0 Å². The normalized spacial score (nSPS) is 18.4. The van der Waals surface area contributed by atoms with E-state index in [-0.39, 0.29) is 5.92 Å². The topological polar surface area (TPSA) is 23.6 Å². The molecule has 3 nitrogen and oxygen atoms in total. The van der Waals surface area contributed by atoms with E-state index in [9.17, 15) is 4.79 Å². The van der Waals surface area contributed by atoms with Crippen LogP contribution in [-0.4, -0.2) is 55.4 Å². The molecule has 0 atom stereocenters. The van der Waals surface area contributed by atoms with Crippen molar-refractivity contribution in [2.24, 2.45) is 5.92 Å². The SMILES string of the molecule is CC(C)C(=O)CCCCCCN1CCN(C)CC1. The molecule has 106 valence electrons. The fourth-order valence-electron chi connectivity index (χ4n) is 2.35. The molecule has 0 radical (unpaired) electrons. The molecule has 0 aliphatic carbocycles. The predicted octanol–water partition coefficient (Wildman–Crippen LogP) is 2.41. The van der Waals surface area contributed by atoms with Gasteiger partial charge in [-0.1, -0.05) is 26.7 Å². The molecular formula is C15H30N2O. The van der Waals surface area contributed by atoms with Gasteiger partial charge >= 0.3 is 0 Å². The molecule has 0 aromatic heterocycles. The van der Waals surface area contributed by atoms with Crippen LogP contribution in [0.25, 0.3) is 0 Å². The van der Waals surface area contributed by atoms with Crippen molar-refractivity contribution in [2.45, 2.75) is 46.0 Å². The molecule has 0 saturated carbocycles. The van der Waals surface area contributed by atoms with Crippen molar-refractivity contribution in [1.82, 2.24) is 9.80 Å². The Bertz CT molecular complexity index is 233. The molecule has 0 unspecified atom stereocenters. The van der Waals surface area contributed by atoms with Crippen molar-refractivity contribution in [1.29, 1.82) is 0 Å². The first-order chi connectivity index (χ1) is 8.59. The van der Waals surface area contributed by atoms with Crippen molar-refractivity contribution in [3.05, 3.63) is 0 Å². The number of nitrogens with zero attached hydrogens (tertiary/aromatic N) is 2. The number of hydrogen-bond acceptors (Lipinski definition) is 3. The monoisotopic (exact) mass is 254 g/mol. The lowest BCUT2D eigenvalue weighted by molar-refractivity contribution is -0.122. The number of hydrogen-bond donors (Lipinski definition) is 0. The van der Waals surface area contributed by atoms with Gasteiger partial charge in [-0.15, -0.1) is 0 Å². The molecule has 1 rings (SSSR count). The molecule has 0 amide bonds. The Labute approximate surface area is 113 Å². The second-order valence-electron chi connectivity index (χ2n) is 5.93. The van der Waals surface area contributed by atoms with E-state index in [0.29, 0.717) is 5.78 Å². The number of carbonyl (C=O) groups excluding carboxylic acids is 1. The maximum absolute atomic E-state index is 11.4. The van der Waals surface area contributed by atoms with E-state index < -0.39 is 0 Å². The fraction of sp³-hybridized carbons (Fsp3) is 0.933. The Kier molecular flexibility index (Phi) is 7.52. The summed E-state index contributed by atoms with van der Waals surface area (Å²) in [5, 5.41) is 0. The number of Topliss-reactive ketones (excluding diaryl/α,β-unsaturated/α-hetero) is 1. The number of carbonyl (C=O) groups is 1. The lowest BCUT2D eigenvalue weighted by Gasteiger charge is -2.32. The Balaban J connectivity index is 1.91. The van der Waals surface area contributed by atoms with Crippen molar-refractivity contribution in [3.8, 4) is 0 Å². The minimum absolute atomic E-state index is 0.218. The summed E-state index contributed by atoms with van der Waals surface area (Å²) in [6.45, 7) is 10.1. The van der Waals surface area contributed by atoms with Gasteiger partial charge in [-0.3, -0.25) is 4.79 Å². The van der Waals surface area contributed by atoms with E-state index in [1.807, 2.05) is 13.8 Å². The van der Waals surface area contributed by atoms with Crippen LogP contribution >= 0.6 is 0 Å². The molecular weight excluding hydrogens is 224 g/mol. The minimum atomic E-state index is 0.218. The van der Waals surface area contributed by atoms with Gasteiger partial charge in [-0.25, -0.2) is 0 Å². The number of rotatable bonds is 8. The molecule has 1 saturated heterocycles. The highest BCUT2D eigenvalue weighted by atomic mass is 16.1. The van der Waals surface area contributed by atoms with E-state index in [0.717, 1.165) is 12.8 Å². The summed E-state index contributed by atoms with van der Waals surface area (Å²) in [5.74, 6) is 0.643. The summed E-state index contributed by atoms with van der Waals surface area (Å²) in [4.78, 5) is 16.4. The second kappa shape index (κ2) is 8.65. The van der Waals surface area contributed by atoms with Crippen molar-refractivity contribution in [2.75, 3.05) is 39.8 Å². The average Bonchev–Trinajstić information content (AvgIpc) is 2.35. The van der Waals surface area contributed by atoms with Crippen molar-refractivity contribution >= 4 is 5.78 Å². The maximum Gasteiger partial charge on any atom is 0.135 e. The van der Waals surface area contributed by atoms with Crippen LogP contribution in [-0.2, 0) is 4.79 Å². The highest BCUT2D eigenvalue weighted by molar-refractivity contribution is 5.80. The summed E-state index contributed by atoms with van der Waals surface area (Å²) in [6, 6.07) is 0. The second-order valence-corrected chi connectivity index (χ2v) is 5.93. The van der Waals surface area contributed by atoms with Crippen LogP contribution in [0, 0.1) is 5.92 Å². The zero-order chi connectivity index (χ0) is 13.4. The Hall–Kier alpha value is -0.410. The Morgan fingerprint density at radius 3 is 2.22 bits per heavy atom. The van der Waals surface area contributed by atoms with E-state index in [2.05, 4.69) is 16.8 Å². The lowest BCUT2D eigenvalue weighted by atomic mass is 10.0. The molecule has 0 N–H and O–H groups in total. The quantitative estimate of drug-likeness (QED) is 0.622. The van der Waals surface area contributed by atoms with Crippen LogP contribution in [0.2, 0.25) is 0 Å². The lowest BCUT2D eigenvalue weighted by Crippen LogP contribution is -2.44. The Morgan fingerprint density at radius 2 is 1.61 bits per heavy atom. The van der Waals surface area contributed by atoms with Gasteiger partial charge < -0.3 is 9.80 Å². The van der Waals surface area contributed by atoms with E-state index >= 15 is 0 Å². The number of likely N-dealkylation sites (N-methyl/N-ethyl adjacent to an activating group) is 1. The highest BCUT2D eigenvalue weighted by Crippen LogP contribution is 2.09. The Morgan fingerprint density at radius 1 is 1.00 bits per heavy atom. The van der Waals surface area contributed by atoms with Crippen LogP contribution in [0.15, 0.2) is 0 Å². The zero-order valence-electron chi connectivity index (χ0n) is 12.5. The first-order valence-corrected chi connectivity index (χ1v) is 7.53. The van der Waals surface area contributed by atoms with Crippen LogP contribution in [0.5, 0.6) is 0 Å². The van der Waals surface area contributed by atoms with Gasteiger partial charge in [0.1, 0.15) is 5.78 Å². The smallest absolute Gasteiger partial charge is 0.135 e. The summed E-state index contributed by atoms with van der Waals surface area (Å²) >= 11 is 0. The van der Waals surface area contributed by atoms with E-state index in [1.54, 1.807) is 0 Å². The van der Waals surface area contributed by atoms with Gasteiger partial charge in [-0.2, -0.15) is 0 Å². The minimum Gasteiger partial charge on any atom is -0.304 e. The summed E-state index contributed by atoms with van der Waals surface area (Å²) in [7, 11) is 2.20. The third-order valence-electron chi connectivity index (χ3n) is 3.89. The van der Waals surface area contributed by atoms with Crippen molar-refractivity contribution in [3.63, 3.8) is 0 Å². The van der Waals surface area contributed by atoms with Gasteiger partial charge in [0.25, 0.3) is 0 Å². The van der Waals surface area contributed by atoms with Gasteiger partial charge in [0.15, 0.2) is 0 Å². The summed E-state index contributed by atoms with van der Waals surface area (Å²) in [5.41, 5.74) is 0. The number of piperazine rings is 1. The van der Waals surface area contributed by atoms with Crippen LogP contribution in [0.4, 0.5) is 0 Å². The molecule has 0 spiro atoms. The third-order valence-corrected chi connectivity index (χ3v) is 3.89. The molecule has 18 heavy (non-hydrogen) atoms. The summed E-state index contributed by atoms with van der Waals surface area (Å²) in [6.07, 6.45) is 5.65. The molecule has 0 aromatic carbocycles. The standard InChI is InChI=1S/C15H30N2O/c1-14(2)15(18)8-6-4-5-7-9-17-12-10-16(3)11-13-17/h14H,4-13H2,1-3H3. The first-order valence-electron chi connectivity index (χ1n) is 7.53. The van der Waals surface area contributed by atoms with Crippen molar-refractivity contribution < 1.29 is 4.79 Å². The molecule has 0 aromatic rings. The highest BCUT2D eigenvalue weighted by Gasteiger charge is 2.12. The molecule has 1 fully saturated rings. The van der Waals surface area contributed by atoms with Crippen LogP contribution in [0.3, 0.4) is 0 Å². The largest absolute Gasteiger partial charge is 0.304 e. The molecule has 1 heterocycles. The van der Waals surface area contributed by atoms with Gasteiger partial charge in [0.05, 0.1) is 0 Å². The molecule has 0 bridgehead atoms. The van der Waals surface area contributed by atoms with Gasteiger partial charge in [0, 0.05) is 38.5 Å². The zero-order valence-corrected chi connectivity index (χ0v) is 12.5. The van der Waals surface area contributed by atoms with E-state index in [1.165, 1.54) is 52.0 Å². The van der Waals surface area contributed by atoms with E-state index in [4.69, 9.17) is 0 Å². The number of ketones is 1. The maximum atomic E-state index is 11.4. The van der Waals surface area contributed by atoms with Gasteiger partial charge in [0.2, 0.25) is 0 Å². The fourth-order valence-corrected chi connectivity index (χ4v) is 2.35. The average molecular weight is 254 g/mol. The van der Waals surface area contributed by atoms with Gasteiger partial charge in [-0.05, 0) is 26.4 Å². The molecule has 1 aliphatic heterocycles.